The molecule has 1 amide bonds. The van der Waals surface area contributed by atoms with Crippen LogP contribution in [0.1, 0.15) is 33.3 Å². The van der Waals surface area contributed by atoms with Crippen molar-refractivity contribution in [2.45, 2.75) is 45.9 Å². The number of carbonyl (C=O) groups excluding carboxylic acids is 1. The third-order valence-corrected chi connectivity index (χ3v) is 2.92. The van der Waals surface area contributed by atoms with Crippen LogP contribution in [0.2, 0.25) is 0 Å². The van der Waals surface area contributed by atoms with Gasteiger partial charge in [-0.2, -0.15) is 0 Å². The van der Waals surface area contributed by atoms with Gasteiger partial charge in [-0.05, 0) is 39.3 Å². The Hall–Kier alpha value is -1.53. The number of aliphatic hydroxyl groups excluding tert-OH is 1. The zero-order valence-electron chi connectivity index (χ0n) is 14.3. The first-order chi connectivity index (χ1) is 10.2. The fourth-order valence-corrected chi connectivity index (χ4v) is 2.01. The minimum atomic E-state index is -0.582. The van der Waals surface area contributed by atoms with Gasteiger partial charge in [0, 0.05) is 45.6 Å². The summed E-state index contributed by atoms with van der Waals surface area (Å²) in [5.41, 5.74) is 0.660. The van der Waals surface area contributed by atoms with Crippen molar-refractivity contribution in [1.82, 2.24) is 14.8 Å². The summed E-state index contributed by atoms with van der Waals surface area (Å²) >= 11 is 0. The minimum absolute atomic E-state index is 0.266. The fraction of sp³-hybridized carbons (Fsp3) is 0.688. The van der Waals surface area contributed by atoms with Gasteiger partial charge in [0.05, 0.1) is 6.10 Å². The molecule has 1 aromatic rings. The number of hydrogen-bond donors (Lipinski definition) is 2. The number of amides is 1. The SMILES string of the molecule is CC(O)CN(CCNCc1ccn(C)c1)C(=O)OC(C)(C)C. The lowest BCUT2D eigenvalue weighted by molar-refractivity contribution is 0.0164. The summed E-state index contributed by atoms with van der Waals surface area (Å²) < 4.78 is 7.36. The maximum atomic E-state index is 12.1. The van der Waals surface area contributed by atoms with Gasteiger partial charge >= 0.3 is 6.09 Å². The van der Waals surface area contributed by atoms with E-state index in [1.165, 1.54) is 10.5 Å². The van der Waals surface area contributed by atoms with Crippen LogP contribution in [0.15, 0.2) is 18.5 Å². The second-order valence-electron chi connectivity index (χ2n) is 6.64. The van der Waals surface area contributed by atoms with E-state index in [9.17, 15) is 9.90 Å². The number of rotatable bonds is 7. The summed E-state index contributed by atoms with van der Waals surface area (Å²) in [5.74, 6) is 0. The average Bonchev–Trinajstić information content (AvgIpc) is 2.76. The molecule has 1 heterocycles. The number of ether oxygens (including phenoxy) is 1. The first-order valence-electron chi connectivity index (χ1n) is 7.65. The average molecular weight is 311 g/mol. The van der Waals surface area contributed by atoms with E-state index in [0.717, 1.165) is 6.54 Å². The highest BCUT2D eigenvalue weighted by molar-refractivity contribution is 5.68. The molecule has 0 saturated carbocycles. The van der Waals surface area contributed by atoms with E-state index in [1.807, 2.05) is 38.6 Å². The number of hydrogen-bond acceptors (Lipinski definition) is 4. The van der Waals surface area contributed by atoms with Gasteiger partial charge in [0.25, 0.3) is 0 Å². The molecule has 0 aliphatic carbocycles. The monoisotopic (exact) mass is 311 g/mol. The molecule has 0 bridgehead atoms. The van der Waals surface area contributed by atoms with Crippen LogP contribution in [0.4, 0.5) is 4.79 Å². The van der Waals surface area contributed by atoms with Crippen LogP contribution >= 0.6 is 0 Å². The Bertz CT molecular complexity index is 463. The molecule has 0 aliphatic heterocycles. The Labute approximate surface area is 133 Å². The van der Waals surface area contributed by atoms with Crippen molar-refractivity contribution in [3.63, 3.8) is 0 Å². The third-order valence-electron chi connectivity index (χ3n) is 2.92. The normalized spacial score (nSPS) is 13.0. The van der Waals surface area contributed by atoms with Crippen LogP contribution in [0, 0.1) is 0 Å². The first-order valence-corrected chi connectivity index (χ1v) is 7.65. The predicted octanol–water partition coefficient (Wildman–Crippen LogP) is 1.73. The third kappa shape index (κ3) is 7.47. The Morgan fingerprint density at radius 3 is 2.68 bits per heavy atom. The lowest BCUT2D eigenvalue weighted by Gasteiger charge is -2.28. The maximum absolute atomic E-state index is 12.1. The maximum Gasteiger partial charge on any atom is 0.410 e. The lowest BCUT2D eigenvalue weighted by Crippen LogP contribution is -2.43. The highest BCUT2D eigenvalue weighted by Gasteiger charge is 2.22. The summed E-state index contributed by atoms with van der Waals surface area (Å²) in [4.78, 5) is 13.7. The molecule has 2 N–H and O–H groups in total. The zero-order valence-corrected chi connectivity index (χ0v) is 14.3. The number of carbonyl (C=O) groups is 1. The van der Waals surface area contributed by atoms with Gasteiger partial charge < -0.3 is 24.6 Å². The van der Waals surface area contributed by atoms with E-state index in [1.54, 1.807) is 6.92 Å². The van der Waals surface area contributed by atoms with Gasteiger partial charge in [0.2, 0.25) is 0 Å². The van der Waals surface area contributed by atoms with Crippen LogP contribution in [0.5, 0.6) is 0 Å². The van der Waals surface area contributed by atoms with Crippen molar-refractivity contribution in [2.24, 2.45) is 7.05 Å². The molecule has 1 unspecified atom stereocenters. The zero-order chi connectivity index (χ0) is 16.8. The van der Waals surface area contributed by atoms with Crippen molar-refractivity contribution in [3.8, 4) is 0 Å². The molecule has 0 aliphatic rings. The highest BCUT2D eigenvalue weighted by atomic mass is 16.6. The van der Waals surface area contributed by atoms with Crippen molar-refractivity contribution in [2.75, 3.05) is 19.6 Å². The van der Waals surface area contributed by atoms with Crippen LogP contribution in [-0.2, 0) is 18.3 Å². The van der Waals surface area contributed by atoms with E-state index in [0.29, 0.717) is 13.1 Å². The molecule has 22 heavy (non-hydrogen) atoms. The summed E-state index contributed by atoms with van der Waals surface area (Å²) in [6.07, 6.45) is 3.07. The molecule has 1 atom stereocenters. The van der Waals surface area contributed by atoms with Crippen LogP contribution in [-0.4, -0.2) is 52.0 Å². The van der Waals surface area contributed by atoms with Crippen molar-refractivity contribution >= 4 is 6.09 Å². The molecule has 0 saturated heterocycles. The minimum Gasteiger partial charge on any atom is -0.444 e. The molecule has 0 radical (unpaired) electrons. The molecule has 0 spiro atoms. The molecule has 0 fully saturated rings. The van der Waals surface area contributed by atoms with E-state index in [-0.39, 0.29) is 6.54 Å². The second kappa shape index (κ2) is 8.19. The molecule has 1 rings (SSSR count). The molecular weight excluding hydrogens is 282 g/mol. The Balaban J connectivity index is 2.42. The summed E-state index contributed by atoms with van der Waals surface area (Å²) in [6, 6.07) is 2.05. The lowest BCUT2D eigenvalue weighted by atomic mass is 10.2. The smallest absolute Gasteiger partial charge is 0.410 e. The largest absolute Gasteiger partial charge is 0.444 e. The van der Waals surface area contributed by atoms with Crippen molar-refractivity contribution < 1.29 is 14.6 Å². The van der Waals surface area contributed by atoms with Crippen LogP contribution < -0.4 is 5.32 Å². The van der Waals surface area contributed by atoms with Crippen molar-refractivity contribution in [3.05, 3.63) is 24.0 Å². The molecule has 6 heteroatoms. The molecule has 126 valence electrons. The number of aliphatic hydroxyl groups is 1. The quantitative estimate of drug-likeness (QED) is 0.753. The number of aromatic nitrogens is 1. The van der Waals surface area contributed by atoms with E-state index < -0.39 is 17.8 Å². The highest BCUT2D eigenvalue weighted by Crippen LogP contribution is 2.10. The number of nitrogens with zero attached hydrogens (tertiary/aromatic N) is 2. The van der Waals surface area contributed by atoms with Crippen LogP contribution in [0.25, 0.3) is 0 Å². The summed E-state index contributed by atoms with van der Waals surface area (Å²) in [7, 11) is 1.98. The molecule has 1 aromatic heterocycles. The molecule has 6 nitrogen and oxygen atoms in total. The van der Waals surface area contributed by atoms with E-state index in [4.69, 9.17) is 4.74 Å². The number of nitrogens with one attached hydrogen (secondary N) is 1. The summed E-state index contributed by atoms with van der Waals surface area (Å²) in [5, 5.41) is 12.8. The Morgan fingerprint density at radius 1 is 1.50 bits per heavy atom. The second-order valence-corrected chi connectivity index (χ2v) is 6.64. The Kier molecular flexibility index (Phi) is 6.90. The van der Waals surface area contributed by atoms with E-state index >= 15 is 0 Å². The number of aryl methyl sites for hydroxylation is 1. The van der Waals surface area contributed by atoms with Gasteiger partial charge in [-0.15, -0.1) is 0 Å². The van der Waals surface area contributed by atoms with Gasteiger partial charge in [0.15, 0.2) is 0 Å². The topological polar surface area (TPSA) is 66.7 Å². The first kappa shape index (κ1) is 18.5. The molecule has 0 aromatic carbocycles. The Morgan fingerprint density at radius 2 is 2.18 bits per heavy atom. The van der Waals surface area contributed by atoms with Gasteiger partial charge in [-0.1, -0.05) is 0 Å². The van der Waals surface area contributed by atoms with E-state index in [2.05, 4.69) is 17.6 Å². The van der Waals surface area contributed by atoms with Gasteiger partial charge in [-0.25, -0.2) is 4.79 Å². The standard InChI is InChI=1S/C16H29N3O3/c1-13(20)11-19(15(21)22-16(2,3)4)9-7-17-10-14-6-8-18(5)12-14/h6,8,12-13,17,20H,7,9-11H2,1-5H3. The van der Waals surface area contributed by atoms with Gasteiger partial charge in [-0.3, -0.25) is 0 Å². The van der Waals surface area contributed by atoms with Crippen molar-refractivity contribution in [1.29, 1.82) is 0 Å². The molecular formula is C16H29N3O3. The predicted molar refractivity (Wildman–Crippen MR) is 86.6 cm³/mol. The summed E-state index contributed by atoms with van der Waals surface area (Å²) in [6.45, 7) is 9.30. The van der Waals surface area contributed by atoms with Crippen LogP contribution in [0.3, 0.4) is 0 Å². The fourth-order valence-electron chi connectivity index (χ4n) is 2.01. The van der Waals surface area contributed by atoms with Gasteiger partial charge in [0.1, 0.15) is 5.60 Å².